The lowest BCUT2D eigenvalue weighted by molar-refractivity contribution is 0.0600. The number of methoxy groups -OCH3 is 1. The molecule has 0 aliphatic heterocycles. The predicted molar refractivity (Wildman–Crippen MR) is 49.7 cm³/mol. The summed E-state index contributed by atoms with van der Waals surface area (Å²) in [6.07, 6.45) is 3.14. The van der Waals surface area contributed by atoms with Crippen LogP contribution in [0.25, 0.3) is 0 Å². The Hall–Kier alpha value is -1.58. The number of nitrogens with one attached hydrogen (secondary N) is 1. The number of carbonyl (C=O) groups excluding carboxylic acids is 1. The van der Waals surface area contributed by atoms with Crippen LogP contribution >= 0.6 is 0 Å². The molecule has 0 aliphatic rings. The number of ether oxygens (including phenoxy) is 1. The lowest BCUT2D eigenvalue weighted by atomic mass is 10.2. The molecule has 0 atom stereocenters. The van der Waals surface area contributed by atoms with E-state index in [1.54, 1.807) is 12.3 Å². The third-order valence-electron chi connectivity index (χ3n) is 1.54. The number of aromatic nitrogens is 1. The quantitative estimate of drug-likeness (QED) is 0.712. The van der Waals surface area contributed by atoms with Crippen LogP contribution in [0.1, 0.15) is 17.3 Å². The van der Waals surface area contributed by atoms with Crippen LogP contribution in [-0.4, -0.2) is 24.6 Å². The number of anilines is 1. The van der Waals surface area contributed by atoms with Gasteiger partial charge in [-0.25, -0.2) is 4.79 Å². The summed E-state index contributed by atoms with van der Waals surface area (Å²) in [5.41, 5.74) is 1.28. The molecule has 1 heterocycles. The summed E-state index contributed by atoms with van der Waals surface area (Å²) in [6.45, 7) is 2.77. The van der Waals surface area contributed by atoms with E-state index in [-0.39, 0.29) is 5.97 Å². The van der Waals surface area contributed by atoms with Gasteiger partial charge in [-0.1, -0.05) is 0 Å². The number of hydrogen-bond acceptors (Lipinski definition) is 4. The number of pyridine rings is 1. The summed E-state index contributed by atoms with van der Waals surface area (Å²) < 4.78 is 4.56. The van der Waals surface area contributed by atoms with Gasteiger partial charge >= 0.3 is 5.97 Å². The van der Waals surface area contributed by atoms with Crippen LogP contribution in [0.5, 0.6) is 0 Å². The number of nitrogens with zero attached hydrogens (tertiary/aromatic N) is 1. The molecule has 0 amide bonds. The third-order valence-corrected chi connectivity index (χ3v) is 1.54. The van der Waals surface area contributed by atoms with Gasteiger partial charge in [0.05, 0.1) is 18.4 Å². The van der Waals surface area contributed by atoms with Crippen molar-refractivity contribution in [3.8, 4) is 0 Å². The van der Waals surface area contributed by atoms with E-state index in [0.29, 0.717) is 5.56 Å². The van der Waals surface area contributed by atoms with E-state index in [0.717, 1.165) is 12.2 Å². The molecule has 0 saturated heterocycles. The van der Waals surface area contributed by atoms with Crippen LogP contribution in [0.2, 0.25) is 0 Å². The molecular formula is C9H12N2O2. The largest absolute Gasteiger partial charge is 0.465 e. The summed E-state index contributed by atoms with van der Waals surface area (Å²) in [4.78, 5) is 15.0. The molecule has 0 unspecified atom stereocenters. The molecule has 0 fully saturated rings. The molecule has 0 aliphatic carbocycles. The minimum atomic E-state index is -0.368. The minimum absolute atomic E-state index is 0.368. The highest BCUT2D eigenvalue weighted by Crippen LogP contribution is 2.08. The zero-order valence-electron chi connectivity index (χ0n) is 7.70. The fraction of sp³-hybridized carbons (Fsp3) is 0.333. The molecule has 0 radical (unpaired) electrons. The Bertz CT molecular complexity index is 299. The van der Waals surface area contributed by atoms with Crippen molar-refractivity contribution in [3.05, 3.63) is 24.0 Å². The second-order valence-corrected chi connectivity index (χ2v) is 2.48. The van der Waals surface area contributed by atoms with E-state index in [1.807, 2.05) is 6.92 Å². The maximum Gasteiger partial charge on any atom is 0.339 e. The Kier molecular flexibility index (Phi) is 3.25. The Balaban J connectivity index is 2.85. The molecule has 4 heteroatoms. The molecule has 0 spiro atoms. The Labute approximate surface area is 76.9 Å². The Morgan fingerprint density at radius 3 is 3.00 bits per heavy atom. The standard InChI is InChI=1S/C9H12N2O2/c1-3-11-8-4-7(5-10-6-8)9(12)13-2/h4-6,11H,3H2,1-2H3. The highest BCUT2D eigenvalue weighted by atomic mass is 16.5. The lowest BCUT2D eigenvalue weighted by Gasteiger charge is -2.03. The van der Waals surface area contributed by atoms with Gasteiger partial charge in [0.2, 0.25) is 0 Å². The maximum atomic E-state index is 11.1. The van der Waals surface area contributed by atoms with Crippen molar-refractivity contribution in [3.63, 3.8) is 0 Å². The zero-order chi connectivity index (χ0) is 9.68. The highest BCUT2D eigenvalue weighted by Gasteiger charge is 2.05. The third kappa shape index (κ3) is 2.43. The monoisotopic (exact) mass is 180 g/mol. The topological polar surface area (TPSA) is 51.2 Å². The predicted octanol–water partition coefficient (Wildman–Crippen LogP) is 1.30. The van der Waals surface area contributed by atoms with Crippen molar-refractivity contribution in [2.24, 2.45) is 0 Å². The average molecular weight is 180 g/mol. The summed E-state index contributed by atoms with van der Waals surface area (Å²) >= 11 is 0. The van der Waals surface area contributed by atoms with Crippen molar-refractivity contribution in [2.75, 3.05) is 19.0 Å². The Morgan fingerprint density at radius 1 is 1.62 bits per heavy atom. The van der Waals surface area contributed by atoms with Crippen molar-refractivity contribution in [1.29, 1.82) is 0 Å². The van der Waals surface area contributed by atoms with Gasteiger partial charge in [0.25, 0.3) is 0 Å². The van der Waals surface area contributed by atoms with Crippen LogP contribution in [0.3, 0.4) is 0 Å². The molecule has 70 valence electrons. The molecule has 0 bridgehead atoms. The van der Waals surface area contributed by atoms with Gasteiger partial charge in [0, 0.05) is 18.9 Å². The van der Waals surface area contributed by atoms with Crippen molar-refractivity contribution in [1.82, 2.24) is 4.98 Å². The fourth-order valence-electron chi connectivity index (χ4n) is 0.970. The summed E-state index contributed by atoms with van der Waals surface area (Å²) in [5.74, 6) is -0.368. The summed E-state index contributed by atoms with van der Waals surface area (Å²) in [6, 6.07) is 1.71. The first kappa shape index (κ1) is 9.51. The minimum Gasteiger partial charge on any atom is -0.465 e. The number of carbonyl (C=O) groups is 1. The SMILES string of the molecule is CCNc1cncc(C(=O)OC)c1. The Morgan fingerprint density at radius 2 is 2.38 bits per heavy atom. The van der Waals surface area contributed by atoms with Crippen LogP contribution in [0, 0.1) is 0 Å². The molecule has 0 saturated carbocycles. The number of rotatable bonds is 3. The molecule has 1 aromatic rings. The number of esters is 1. The van der Waals surface area contributed by atoms with Gasteiger partial charge in [-0.15, -0.1) is 0 Å². The molecular weight excluding hydrogens is 168 g/mol. The van der Waals surface area contributed by atoms with E-state index in [1.165, 1.54) is 13.3 Å². The highest BCUT2D eigenvalue weighted by molar-refractivity contribution is 5.89. The fourth-order valence-corrected chi connectivity index (χ4v) is 0.970. The van der Waals surface area contributed by atoms with Crippen molar-refractivity contribution < 1.29 is 9.53 Å². The van der Waals surface area contributed by atoms with Crippen LogP contribution < -0.4 is 5.32 Å². The van der Waals surface area contributed by atoms with E-state index in [2.05, 4.69) is 15.0 Å². The maximum absolute atomic E-state index is 11.1. The van der Waals surface area contributed by atoms with E-state index < -0.39 is 0 Å². The van der Waals surface area contributed by atoms with E-state index in [4.69, 9.17) is 0 Å². The van der Waals surface area contributed by atoms with Gasteiger partial charge < -0.3 is 10.1 Å². The first-order valence-corrected chi connectivity index (χ1v) is 4.05. The first-order valence-electron chi connectivity index (χ1n) is 4.05. The molecule has 1 N–H and O–H groups in total. The van der Waals surface area contributed by atoms with Crippen molar-refractivity contribution in [2.45, 2.75) is 6.92 Å². The zero-order valence-corrected chi connectivity index (χ0v) is 7.70. The smallest absolute Gasteiger partial charge is 0.339 e. The molecule has 0 aromatic carbocycles. The van der Waals surface area contributed by atoms with Crippen LogP contribution in [0.4, 0.5) is 5.69 Å². The molecule has 1 aromatic heterocycles. The van der Waals surface area contributed by atoms with Gasteiger partial charge in [0.1, 0.15) is 0 Å². The van der Waals surface area contributed by atoms with Crippen molar-refractivity contribution >= 4 is 11.7 Å². The normalized spacial score (nSPS) is 9.38. The van der Waals surface area contributed by atoms with Gasteiger partial charge in [-0.2, -0.15) is 0 Å². The van der Waals surface area contributed by atoms with Gasteiger partial charge in [0.15, 0.2) is 0 Å². The lowest BCUT2D eigenvalue weighted by Crippen LogP contribution is -2.04. The second-order valence-electron chi connectivity index (χ2n) is 2.48. The summed E-state index contributed by atoms with van der Waals surface area (Å²) in [5, 5.41) is 3.06. The second kappa shape index (κ2) is 4.45. The molecule has 1 rings (SSSR count). The first-order chi connectivity index (χ1) is 6.27. The van der Waals surface area contributed by atoms with Gasteiger partial charge in [-0.05, 0) is 13.0 Å². The summed E-state index contributed by atoms with van der Waals surface area (Å²) in [7, 11) is 1.35. The average Bonchev–Trinajstić information content (AvgIpc) is 2.18. The van der Waals surface area contributed by atoms with Gasteiger partial charge in [-0.3, -0.25) is 4.98 Å². The van der Waals surface area contributed by atoms with E-state index in [9.17, 15) is 4.79 Å². The van der Waals surface area contributed by atoms with E-state index >= 15 is 0 Å². The van der Waals surface area contributed by atoms with Crippen LogP contribution in [-0.2, 0) is 4.74 Å². The molecule has 13 heavy (non-hydrogen) atoms. The molecule has 4 nitrogen and oxygen atoms in total. The van der Waals surface area contributed by atoms with Crippen LogP contribution in [0.15, 0.2) is 18.5 Å². The number of hydrogen-bond donors (Lipinski definition) is 1.